The zero-order valence-corrected chi connectivity index (χ0v) is 15.8. The summed E-state index contributed by atoms with van der Waals surface area (Å²) in [6.07, 6.45) is 4.72. The van der Waals surface area contributed by atoms with Crippen molar-refractivity contribution in [2.75, 3.05) is 13.2 Å². The second kappa shape index (κ2) is 11.0. The summed E-state index contributed by atoms with van der Waals surface area (Å²) in [6, 6.07) is 7.07. The standard InChI is InChI=1S/C19H27N3O3S/c20-12-6-5-9-15(21-17(24)11-2-1-7-13-23)18(25)19-22-14-8-3-4-10-16(14)26-19/h3-4,8,10,15,23H,1-2,5-7,9,11-13,20H2,(H,21,24)/t15-/m0/s1. The number of benzene rings is 1. The van der Waals surface area contributed by atoms with Crippen LogP contribution >= 0.6 is 11.3 Å². The number of nitrogens with two attached hydrogens (primary N) is 1. The summed E-state index contributed by atoms with van der Waals surface area (Å²) in [4.78, 5) is 29.5. The third kappa shape index (κ3) is 6.16. The number of hydrogen-bond acceptors (Lipinski definition) is 6. The molecule has 0 unspecified atom stereocenters. The molecule has 6 nitrogen and oxygen atoms in total. The summed E-state index contributed by atoms with van der Waals surface area (Å²) >= 11 is 1.36. The van der Waals surface area contributed by atoms with Gasteiger partial charge in [-0.25, -0.2) is 4.98 Å². The van der Waals surface area contributed by atoms with Gasteiger partial charge in [-0.1, -0.05) is 18.6 Å². The molecular weight excluding hydrogens is 350 g/mol. The summed E-state index contributed by atoms with van der Waals surface area (Å²) in [5.74, 6) is -0.262. The molecule has 0 bridgehead atoms. The molecular formula is C19H27N3O3S. The SMILES string of the molecule is NCCCC[C@H](NC(=O)CCCCCO)C(=O)c1nc2ccccc2s1. The minimum absolute atomic E-state index is 0.129. The van der Waals surface area contributed by atoms with E-state index in [0.717, 1.165) is 29.5 Å². The van der Waals surface area contributed by atoms with Gasteiger partial charge in [-0.3, -0.25) is 9.59 Å². The van der Waals surface area contributed by atoms with Crippen molar-refractivity contribution in [3.63, 3.8) is 0 Å². The van der Waals surface area contributed by atoms with Crippen LogP contribution in [0, 0.1) is 0 Å². The lowest BCUT2D eigenvalue weighted by molar-refractivity contribution is -0.121. The van der Waals surface area contributed by atoms with Gasteiger partial charge in [0.05, 0.1) is 16.3 Å². The highest BCUT2D eigenvalue weighted by Gasteiger charge is 2.24. The highest BCUT2D eigenvalue weighted by Crippen LogP contribution is 2.23. The highest BCUT2D eigenvalue weighted by molar-refractivity contribution is 7.20. The van der Waals surface area contributed by atoms with Crippen LogP contribution in [0.1, 0.15) is 54.7 Å². The first-order valence-corrected chi connectivity index (χ1v) is 9.97. The molecule has 1 heterocycles. The van der Waals surface area contributed by atoms with Crippen LogP contribution in [0.5, 0.6) is 0 Å². The van der Waals surface area contributed by atoms with Crippen molar-refractivity contribution >= 4 is 33.2 Å². The van der Waals surface area contributed by atoms with Crippen LogP contribution in [-0.4, -0.2) is 41.0 Å². The summed E-state index contributed by atoms with van der Waals surface area (Å²) in [7, 11) is 0. The number of unbranched alkanes of at least 4 members (excludes halogenated alkanes) is 3. The number of carbonyl (C=O) groups excluding carboxylic acids is 2. The molecule has 0 saturated heterocycles. The monoisotopic (exact) mass is 377 g/mol. The van der Waals surface area contributed by atoms with Crippen LogP contribution in [0.3, 0.4) is 0 Å². The first kappa shape index (κ1) is 20.5. The molecule has 1 aromatic carbocycles. The number of nitrogens with zero attached hydrogens (tertiary/aromatic N) is 1. The van der Waals surface area contributed by atoms with Gasteiger partial charge in [0.2, 0.25) is 11.7 Å². The second-order valence-corrected chi connectivity index (χ2v) is 7.32. The molecule has 0 saturated carbocycles. The Bertz CT molecular complexity index is 684. The van der Waals surface area contributed by atoms with Gasteiger partial charge in [0.15, 0.2) is 5.01 Å². The number of fused-ring (bicyclic) bond motifs is 1. The number of ketones is 1. The van der Waals surface area contributed by atoms with E-state index in [-0.39, 0.29) is 18.3 Å². The molecule has 0 aliphatic carbocycles. The molecule has 2 rings (SSSR count). The molecule has 1 aromatic heterocycles. The van der Waals surface area contributed by atoms with Crippen molar-refractivity contribution in [3.05, 3.63) is 29.3 Å². The van der Waals surface area contributed by atoms with Gasteiger partial charge < -0.3 is 16.2 Å². The van der Waals surface area contributed by atoms with E-state index in [4.69, 9.17) is 10.8 Å². The Balaban J connectivity index is 2.02. The van der Waals surface area contributed by atoms with Crippen LogP contribution in [0.4, 0.5) is 0 Å². The van der Waals surface area contributed by atoms with Crippen molar-refractivity contribution in [1.29, 1.82) is 0 Å². The number of amides is 1. The van der Waals surface area contributed by atoms with Gasteiger partial charge in [-0.2, -0.15) is 0 Å². The fourth-order valence-electron chi connectivity index (χ4n) is 2.73. The average Bonchev–Trinajstić information content (AvgIpc) is 3.08. The molecule has 7 heteroatoms. The molecule has 0 aliphatic rings. The topological polar surface area (TPSA) is 105 Å². The van der Waals surface area contributed by atoms with Gasteiger partial charge in [-0.15, -0.1) is 11.3 Å². The zero-order valence-electron chi connectivity index (χ0n) is 14.9. The third-order valence-corrected chi connectivity index (χ3v) is 5.22. The lowest BCUT2D eigenvalue weighted by Gasteiger charge is -2.16. The normalized spacial score (nSPS) is 12.2. The molecule has 4 N–H and O–H groups in total. The van der Waals surface area contributed by atoms with E-state index in [0.29, 0.717) is 37.2 Å². The van der Waals surface area contributed by atoms with Crippen LogP contribution < -0.4 is 11.1 Å². The van der Waals surface area contributed by atoms with E-state index in [2.05, 4.69) is 10.3 Å². The van der Waals surface area contributed by atoms with Crippen LogP contribution in [-0.2, 0) is 4.79 Å². The Labute approximate surface area is 157 Å². The first-order chi connectivity index (χ1) is 12.7. The molecule has 0 fully saturated rings. The molecule has 2 aromatic rings. The quantitative estimate of drug-likeness (QED) is 0.389. The van der Waals surface area contributed by atoms with Gasteiger partial charge >= 0.3 is 0 Å². The lowest BCUT2D eigenvalue weighted by atomic mass is 10.0. The number of nitrogens with one attached hydrogen (secondary N) is 1. The molecule has 1 atom stereocenters. The molecule has 0 aliphatic heterocycles. The molecule has 142 valence electrons. The summed E-state index contributed by atoms with van der Waals surface area (Å²) in [6.45, 7) is 0.705. The number of para-hydroxylation sites is 1. The van der Waals surface area contributed by atoms with E-state index >= 15 is 0 Å². The van der Waals surface area contributed by atoms with Crippen molar-refractivity contribution in [3.8, 4) is 0 Å². The smallest absolute Gasteiger partial charge is 0.220 e. The minimum Gasteiger partial charge on any atom is -0.396 e. The van der Waals surface area contributed by atoms with Gasteiger partial charge in [0, 0.05) is 13.0 Å². The lowest BCUT2D eigenvalue weighted by Crippen LogP contribution is -2.40. The number of Topliss-reactive ketones (excluding diaryl/α,β-unsaturated/α-hetero) is 1. The van der Waals surface area contributed by atoms with Crippen LogP contribution in [0.2, 0.25) is 0 Å². The fourth-order valence-corrected chi connectivity index (χ4v) is 3.69. The Morgan fingerprint density at radius 3 is 2.69 bits per heavy atom. The second-order valence-electron chi connectivity index (χ2n) is 6.29. The van der Waals surface area contributed by atoms with E-state index in [1.54, 1.807) is 0 Å². The summed E-state index contributed by atoms with van der Waals surface area (Å²) in [5, 5.41) is 12.1. The van der Waals surface area contributed by atoms with Gasteiger partial charge in [-0.05, 0) is 50.8 Å². The van der Waals surface area contributed by atoms with Gasteiger partial charge in [0.25, 0.3) is 0 Å². The van der Waals surface area contributed by atoms with E-state index in [1.165, 1.54) is 11.3 Å². The van der Waals surface area contributed by atoms with Crippen molar-refractivity contribution in [1.82, 2.24) is 10.3 Å². The third-order valence-electron chi connectivity index (χ3n) is 4.17. The number of aliphatic hydroxyl groups is 1. The zero-order chi connectivity index (χ0) is 18.8. The van der Waals surface area contributed by atoms with Crippen LogP contribution in [0.25, 0.3) is 10.2 Å². The predicted molar refractivity (Wildman–Crippen MR) is 104 cm³/mol. The largest absolute Gasteiger partial charge is 0.396 e. The Morgan fingerprint density at radius 1 is 1.15 bits per heavy atom. The number of aromatic nitrogens is 1. The minimum atomic E-state index is -0.563. The highest BCUT2D eigenvalue weighted by atomic mass is 32.1. The Morgan fingerprint density at radius 2 is 1.96 bits per heavy atom. The van der Waals surface area contributed by atoms with Crippen molar-refractivity contribution in [2.45, 2.75) is 51.0 Å². The molecule has 0 spiro atoms. The fraction of sp³-hybridized carbons (Fsp3) is 0.526. The predicted octanol–water partition coefficient (Wildman–Crippen LogP) is 2.65. The molecule has 1 amide bonds. The van der Waals surface area contributed by atoms with E-state index < -0.39 is 6.04 Å². The summed E-state index contributed by atoms with van der Waals surface area (Å²) in [5.41, 5.74) is 6.35. The maximum atomic E-state index is 12.9. The van der Waals surface area contributed by atoms with Crippen molar-refractivity contribution in [2.24, 2.45) is 5.73 Å². The van der Waals surface area contributed by atoms with Crippen LogP contribution in [0.15, 0.2) is 24.3 Å². The summed E-state index contributed by atoms with van der Waals surface area (Å²) < 4.78 is 0.965. The first-order valence-electron chi connectivity index (χ1n) is 9.15. The number of aliphatic hydroxyl groups excluding tert-OH is 1. The average molecular weight is 378 g/mol. The van der Waals surface area contributed by atoms with E-state index in [1.807, 2.05) is 24.3 Å². The maximum absolute atomic E-state index is 12.9. The maximum Gasteiger partial charge on any atom is 0.220 e. The van der Waals surface area contributed by atoms with E-state index in [9.17, 15) is 9.59 Å². The number of carbonyl (C=O) groups is 2. The van der Waals surface area contributed by atoms with Gasteiger partial charge in [0.1, 0.15) is 0 Å². The number of thiazole rings is 1. The molecule has 26 heavy (non-hydrogen) atoms. The number of rotatable bonds is 12. The van der Waals surface area contributed by atoms with Crippen molar-refractivity contribution < 1.29 is 14.7 Å². The number of hydrogen-bond donors (Lipinski definition) is 3. The molecule has 0 radical (unpaired) electrons. The Kier molecular flexibility index (Phi) is 8.67. The Hall–Kier alpha value is -1.83.